The highest BCUT2D eigenvalue weighted by molar-refractivity contribution is 5.93. The van der Waals surface area contributed by atoms with Gasteiger partial charge in [0.25, 0.3) is 0 Å². The minimum atomic E-state index is -0.494. The Bertz CT molecular complexity index is 876. The van der Waals surface area contributed by atoms with Crippen molar-refractivity contribution in [1.29, 1.82) is 0 Å². The lowest BCUT2D eigenvalue weighted by Crippen LogP contribution is -2.10. The van der Waals surface area contributed by atoms with Crippen LogP contribution >= 0.6 is 0 Å². The zero-order valence-corrected chi connectivity index (χ0v) is 12.3. The van der Waals surface area contributed by atoms with Gasteiger partial charge in [-0.1, -0.05) is 0 Å². The van der Waals surface area contributed by atoms with Crippen LogP contribution in [-0.4, -0.2) is 23.1 Å². The second kappa shape index (κ2) is 5.84. The predicted octanol–water partition coefficient (Wildman–Crippen LogP) is 2.84. The van der Waals surface area contributed by atoms with E-state index >= 15 is 0 Å². The molecule has 0 radical (unpaired) electrons. The number of fused-ring (bicyclic) bond motifs is 1. The zero-order valence-electron chi connectivity index (χ0n) is 12.3. The number of rotatable bonds is 4. The third kappa shape index (κ3) is 2.87. The summed E-state index contributed by atoms with van der Waals surface area (Å²) in [4.78, 5) is 15.3. The first-order valence-corrected chi connectivity index (χ1v) is 6.82. The molecule has 0 saturated heterocycles. The first kappa shape index (κ1) is 14.6. The Kier molecular flexibility index (Phi) is 3.72. The van der Waals surface area contributed by atoms with E-state index in [1.165, 1.54) is 13.2 Å². The van der Waals surface area contributed by atoms with E-state index in [0.29, 0.717) is 33.7 Å². The topological polar surface area (TPSA) is 94.7 Å². The van der Waals surface area contributed by atoms with Crippen LogP contribution in [0.1, 0.15) is 10.4 Å². The maximum Gasteiger partial charge on any atom is 0.248 e. The second-order valence-corrected chi connectivity index (χ2v) is 4.84. The average molecular weight is 310 g/mol. The van der Waals surface area contributed by atoms with Crippen LogP contribution in [-0.2, 0) is 0 Å². The summed E-state index contributed by atoms with van der Waals surface area (Å²) >= 11 is 0. The highest BCUT2D eigenvalue weighted by atomic mass is 16.5. The molecule has 116 valence electrons. The van der Waals surface area contributed by atoms with Gasteiger partial charge in [0.1, 0.15) is 11.5 Å². The number of primary amides is 1. The maximum atomic E-state index is 11.1. The molecule has 1 aromatic heterocycles. The van der Waals surface area contributed by atoms with Gasteiger partial charge in [-0.05, 0) is 36.4 Å². The van der Waals surface area contributed by atoms with Crippen molar-refractivity contribution in [3.8, 4) is 23.0 Å². The van der Waals surface area contributed by atoms with Crippen LogP contribution in [0.5, 0.6) is 23.0 Å². The van der Waals surface area contributed by atoms with Crippen molar-refractivity contribution in [3.05, 3.63) is 54.2 Å². The summed E-state index contributed by atoms with van der Waals surface area (Å²) < 4.78 is 11.0. The molecular formula is C17H14N2O4. The number of benzene rings is 2. The van der Waals surface area contributed by atoms with E-state index in [1.54, 1.807) is 42.6 Å². The minimum absolute atomic E-state index is 0.00969. The molecular weight excluding hydrogens is 296 g/mol. The normalized spacial score (nSPS) is 10.5. The summed E-state index contributed by atoms with van der Waals surface area (Å²) in [5.41, 5.74) is 6.20. The maximum absolute atomic E-state index is 11.1. The molecule has 0 aliphatic carbocycles. The summed E-state index contributed by atoms with van der Waals surface area (Å²) in [5, 5.41) is 10.5. The number of hydrogen-bond donors (Lipinski definition) is 2. The molecule has 0 atom stereocenters. The largest absolute Gasteiger partial charge is 0.504 e. The van der Waals surface area contributed by atoms with Gasteiger partial charge in [-0.25, -0.2) is 0 Å². The Labute approximate surface area is 132 Å². The fourth-order valence-corrected chi connectivity index (χ4v) is 2.20. The van der Waals surface area contributed by atoms with Crippen LogP contribution in [0.25, 0.3) is 10.9 Å². The number of phenols is 1. The van der Waals surface area contributed by atoms with Crippen LogP contribution in [0.15, 0.2) is 48.7 Å². The molecule has 6 heteroatoms. The molecule has 2 aromatic carbocycles. The van der Waals surface area contributed by atoms with E-state index in [1.807, 2.05) is 0 Å². The molecule has 0 saturated carbocycles. The number of ether oxygens (including phenoxy) is 2. The fraction of sp³-hybridized carbons (Fsp3) is 0.0588. The van der Waals surface area contributed by atoms with Crippen LogP contribution in [0, 0.1) is 0 Å². The summed E-state index contributed by atoms with van der Waals surface area (Å²) in [6, 6.07) is 11.4. The quantitative estimate of drug-likeness (QED) is 0.772. The smallest absolute Gasteiger partial charge is 0.248 e. The van der Waals surface area contributed by atoms with Crippen molar-refractivity contribution >= 4 is 16.8 Å². The molecule has 23 heavy (non-hydrogen) atoms. The number of aromatic hydroxyl groups is 1. The molecule has 3 rings (SSSR count). The molecule has 6 nitrogen and oxygen atoms in total. The molecule has 3 N–H and O–H groups in total. The summed E-state index contributed by atoms with van der Waals surface area (Å²) in [6.45, 7) is 0. The number of methoxy groups -OCH3 is 1. The van der Waals surface area contributed by atoms with Crippen molar-refractivity contribution in [1.82, 2.24) is 4.98 Å². The Morgan fingerprint density at radius 2 is 1.87 bits per heavy atom. The minimum Gasteiger partial charge on any atom is -0.504 e. The fourth-order valence-electron chi connectivity index (χ4n) is 2.20. The lowest BCUT2D eigenvalue weighted by molar-refractivity contribution is 0.100. The molecule has 0 spiro atoms. The number of carbonyl (C=O) groups excluding carboxylic acids is 1. The van der Waals surface area contributed by atoms with Gasteiger partial charge >= 0.3 is 0 Å². The van der Waals surface area contributed by atoms with Crippen LogP contribution < -0.4 is 15.2 Å². The van der Waals surface area contributed by atoms with Crippen LogP contribution in [0.3, 0.4) is 0 Å². The standard InChI is InChI=1S/C17H14N2O4/c1-22-16-8-12-13(9-14(16)20)19-7-6-15(12)23-11-4-2-10(3-5-11)17(18)21/h2-9,20H,1H3,(H2,18,21). The van der Waals surface area contributed by atoms with Gasteiger partial charge in [0.05, 0.1) is 12.6 Å². The Balaban J connectivity index is 2.00. The number of phenolic OH excluding ortho intramolecular Hbond substituents is 1. The highest BCUT2D eigenvalue weighted by Crippen LogP contribution is 2.36. The van der Waals surface area contributed by atoms with Gasteiger partial charge in [-0.3, -0.25) is 9.78 Å². The van der Waals surface area contributed by atoms with Gasteiger partial charge in [0.2, 0.25) is 5.91 Å². The van der Waals surface area contributed by atoms with Gasteiger partial charge in [0.15, 0.2) is 11.5 Å². The molecule has 0 unspecified atom stereocenters. The number of amides is 1. The highest BCUT2D eigenvalue weighted by Gasteiger charge is 2.10. The Hall–Kier alpha value is -3.28. The number of carbonyl (C=O) groups is 1. The monoisotopic (exact) mass is 310 g/mol. The zero-order chi connectivity index (χ0) is 16.4. The van der Waals surface area contributed by atoms with E-state index in [-0.39, 0.29) is 5.75 Å². The Morgan fingerprint density at radius 3 is 2.52 bits per heavy atom. The number of pyridine rings is 1. The summed E-state index contributed by atoms with van der Waals surface area (Å²) in [6.07, 6.45) is 1.58. The number of nitrogens with zero attached hydrogens (tertiary/aromatic N) is 1. The van der Waals surface area contributed by atoms with Crippen molar-refractivity contribution in [2.45, 2.75) is 0 Å². The SMILES string of the molecule is COc1cc2c(Oc3ccc(C(N)=O)cc3)ccnc2cc1O. The number of nitrogens with two attached hydrogens (primary N) is 1. The van der Waals surface area contributed by atoms with Crippen molar-refractivity contribution in [3.63, 3.8) is 0 Å². The van der Waals surface area contributed by atoms with E-state index in [9.17, 15) is 9.90 Å². The van der Waals surface area contributed by atoms with Gasteiger partial charge < -0.3 is 20.3 Å². The molecule has 1 heterocycles. The van der Waals surface area contributed by atoms with Gasteiger partial charge in [0, 0.05) is 23.2 Å². The molecule has 3 aromatic rings. The first-order chi connectivity index (χ1) is 11.1. The third-order valence-corrected chi connectivity index (χ3v) is 3.37. The van der Waals surface area contributed by atoms with E-state index in [0.717, 1.165) is 0 Å². The summed E-state index contributed by atoms with van der Waals surface area (Å²) in [7, 11) is 1.47. The summed E-state index contributed by atoms with van der Waals surface area (Å²) in [5.74, 6) is 0.954. The van der Waals surface area contributed by atoms with E-state index < -0.39 is 5.91 Å². The predicted molar refractivity (Wildman–Crippen MR) is 85.0 cm³/mol. The molecule has 0 fully saturated rings. The lowest BCUT2D eigenvalue weighted by atomic mass is 10.1. The van der Waals surface area contributed by atoms with Crippen molar-refractivity contribution < 1.29 is 19.4 Å². The Morgan fingerprint density at radius 1 is 1.13 bits per heavy atom. The molecule has 0 aliphatic heterocycles. The van der Waals surface area contributed by atoms with Crippen molar-refractivity contribution in [2.24, 2.45) is 5.73 Å². The van der Waals surface area contributed by atoms with Gasteiger partial charge in [-0.15, -0.1) is 0 Å². The van der Waals surface area contributed by atoms with Crippen LogP contribution in [0.4, 0.5) is 0 Å². The molecule has 0 aliphatic rings. The second-order valence-electron chi connectivity index (χ2n) is 4.84. The van der Waals surface area contributed by atoms with Crippen molar-refractivity contribution in [2.75, 3.05) is 7.11 Å². The first-order valence-electron chi connectivity index (χ1n) is 6.82. The van der Waals surface area contributed by atoms with E-state index in [2.05, 4.69) is 4.98 Å². The average Bonchev–Trinajstić information content (AvgIpc) is 2.55. The number of aromatic nitrogens is 1. The van der Waals surface area contributed by atoms with Crippen LogP contribution in [0.2, 0.25) is 0 Å². The number of hydrogen-bond acceptors (Lipinski definition) is 5. The molecule has 1 amide bonds. The van der Waals surface area contributed by atoms with E-state index in [4.69, 9.17) is 15.2 Å². The third-order valence-electron chi connectivity index (χ3n) is 3.37. The van der Waals surface area contributed by atoms with Gasteiger partial charge in [-0.2, -0.15) is 0 Å². The lowest BCUT2D eigenvalue weighted by Gasteiger charge is -2.11. The molecule has 0 bridgehead atoms.